The summed E-state index contributed by atoms with van der Waals surface area (Å²) in [6.45, 7) is 11.0. The first-order chi connectivity index (χ1) is 9.95. The van der Waals surface area contributed by atoms with Gasteiger partial charge in [-0.2, -0.15) is 0 Å². The van der Waals surface area contributed by atoms with Crippen LogP contribution in [0.15, 0.2) is 0 Å². The van der Waals surface area contributed by atoms with E-state index in [2.05, 4.69) is 17.1 Å². The highest BCUT2D eigenvalue weighted by Gasteiger charge is 2.21. The number of nitrogens with zero attached hydrogens (tertiary/aromatic N) is 2. The first-order valence-corrected chi connectivity index (χ1v) is 8.42. The number of amides is 2. The van der Waals surface area contributed by atoms with E-state index in [1.807, 2.05) is 13.8 Å². The first-order valence-electron chi connectivity index (χ1n) is 8.42. The Balaban J connectivity index is 2.37. The Morgan fingerprint density at radius 2 is 2.10 bits per heavy atom. The average Bonchev–Trinajstić information content (AvgIpc) is 2.44. The van der Waals surface area contributed by atoms with Gasteiger partial charge in [0.25, 0.3) is 0 Å². The maximum Gasteiger partial charge on any atom is 0.317 e. The van der Waals surface area contributed by atoms with Gasteiger partial charge in [0.05, 0.1) is 6.10 Å². The number of piperidine rings is 1. The number of hydrogen-bond acceptors (Lipinski definition) is 3. The van der Waals surface area contributed by atoms with Gasteiger partial charge in [-0.25, -0.2) is 4.79 Å². The molecule has 1 aliphatic heterocycles. The van der Waals surface area contributed by atoms with Gasteiger partial charge >= 0.3 is 6.03 Å². The van der Waals surface area contributed by atoms with Crippen LogP contribution in [0.25, 0.3) is 0 Å². The molecule has 0 aromatic carbocycles. The summed E-state index contributed by atoms with van der Waals surface area (Å²) in [7, 11) is 0. The molecule has 2 atom stereocenters. The van der Waals surface area contributed by atoms with E-state index in [1.165, 1.54) is 25.7 Å². The molecule has 0 saturated carbocycles. The van der Waals surface area contributed by atoms with Crippen LogP contribution in [0.5, 0.6) is 0 Å². The van der Waals surface area contributed by atoms with Crippen molar-refractivity contribution in [2.45, 2.75) is 71.6 Å². The van der Waals surface area contributed by atoms with E-state index in [1.54, 1.807) is 11.8 Å². The van der Waals surface area contributed by atoms with Gasteiger partial charge in [-0.05, 0) is 46.6 Å². The Morgan fingerprint density at radius 3 is 2.67 bits per heavy atom. The minimum absolute atomic E-state index is 0.0732. The summed E-state index contributed by atoms with van der Waals surface area (Å²) in [5.74, 6) is 0. The number of carbonyl (C=O) groups is 1. The maximum atomic E-state index is 12.2. The normalized spacial score (nSPS) is 21.3. The van der Waals surface area contributed by atoms with E-state index >= 15 is 0 Å². The van der Waals surface area contributed by atoms with Crippen LogP contribution in [0.1, 0.15) is 53.4 Å². The van der Waals surface area contributed by atoms with Crippen molar-refractivity contribution >= 4 is 6.03 Å². The molecule has 0 aromatic rings. The zero-order chi connectivity index (χ0) is 15.8. The molecule has 1 saturated heterocycles. The lowest BCUT2D eigenvalue weighted by Crippen LogP contribution is -2.49. The van der Waals surface area contributed by atoms with Gasteiger partial charge in [-0.3, -0.25) is 4.90 Å². The van der Waals surface area contributed by atoms with Gasteiger partial charge in [-0.1, -0.05) is 13.3 Å². The van der Waals surface area contributed by atoms with Crippen LogP contribution < -0.4 is 5.32 Å². The van der Waals surface area contributed by atoms with Gasteiger partial charge in [0.2, 0.25) is 0 Å². The smallest absolute Gasteiger partial charge is 0.317 e. The van der Waals surface area contributed by atoms with E-state index in [9.17, 15) is 9.90 Å². The van der Waals surface area contributed by atoms with Gasteiger partial charge < -0.3 is 15.3 Å². The van der Waals surface area contributed by atoms with Crippen molar-refractivity contribution in [3.63, 3.8) is 0 Å². The third-order valence-electron chi connectivity index (χ3n) is 4.24. The Morgan fingerprint density at radius 1 is 1.38 bits per heavy atom. The zero-order valence-electron chi connectivity index (χ0n) is 14.1. The summed E-state index contributed by atoms with van der Waals surface area (Å²) in [6.07, 6.45) is 4.57. The molecule has 0 aliphatic carbocycles. The van der Waals surface area contributed by atoms with Crippen LogP contribution >= 0.6 is 0 Å². The molecule has 5 heteroatoms. The summed E-state index contributed by atoms with van der Waals surface area (Å²) < 4.78 is 0. The molecule has 2 amide bonds. The fraction of sp³-hybridized carbons (Fsp3) is 0.938. The van der Waals surface area contributed by atoms with Crippen molar-refractivity contribution in [1.82, 2.24) is 15.1 Å². The van der Waals surface area contributed by atoms with Crippen LogP contribution in [0.2, 0.25) is 0 Å². The quantitative estimate of drug-likeness (QED) is 0.756. The highest BCUT2D eigenvalue weighted by Crippen LogP contribution is 2.18. The van der Waals surface area contributed by atoms with Crippen LogP contribution in [0.4, 0.5) is 4.79 Å². The number of rotatable bonds is 7. The fourth-order valence-corrected chi connectivity index (χ4v) is 3.04. The summed E-state index contributed by atoms with van der Waals surface area (Å²) in [5.41, 5.74) is 0. The predicted octanol–water partition coefficient (Wildman–Crippen LogP) is 2.05. The maximum absolute atomic E-state index is 12.2. The molecule has 2 N–H and O–H groups in total. The molecule has 1 heterocycles. The second-order valence-electron chi connectivity index (χ2n) is 6.42. The van der Waals surface area contributed by atoms with Crippen molar-refractivity contribution in [3.05, 3.63) is 0 Å². The summed E-state index contributed by atoms with van der Waals surface area (Å²) in [6, 6.07) is 0.697. The molecule has 0 spiro atoms. The van der Waals surface area contributed by atoms with Crippen molar-refractivity contribution < 1.29 is 9.90 Å². The molecular weight excluding hydrogens is 266 g/mol. The number of nitrogens with one attached hydrogen (secondary N) is 1. The predicted molar refractivity (Wildman–Crippen MR) is 86.4 cm³/mol. The van der Waals surface area contributed by atoms with E-state index < -0.39 is 6.10 Å². The van der Waals surface area contributed by atoms with Crippen molar-refractivity contribution in [1.29, 1.82) is 0 Å². The second kappa shape index (κ2) is 9.26. The van der Waals surface area contributed by atoms with Gasteiger partial charge in [0.15, 0.2) is 0 Å². The number of aliphatic hydroxyl groups is 1. The number of carbonyl (C=O) groups excluding carboxylic acids is 1. The van der Waals surface area contributed by atoms with E-state index in [0.717, 1.165) is 13.1 Å². The van der Waals surface area contributed by atoms with E-state index in [4.69, 9.17) is 0 Å². The molecule has 124 valence electrons. The number of likely N-dealkylation sites (tertiary alicyclic amines) is 1. The molecular formula is C16H33N3O2. The third-order valence-corrected chi connectivity index (χ3v) is 4.24. The molecule has 1 rings (SSSR count). The van der Waals surface area contributed by atoms with Crippen molar-refractivity contribution in [2.75, 3.05) is 26.2 Å². The lowest BCUT2D eigenvalue weighted by atomic mass is 10.0. The SMILES string of the molecule is CCC1CCCCN1CCNC(=O)N(CC(C)O)C(C)C. The molecule has 21 heavy (non-hydrogen) atoms. The lowest BCUT2D eigenvalue weighted by molar-refractivity contribution is 0.115. The standard InChI is InChI=1S/C16H33N3O2/c1-5-15-8-6-7-10-18(15)11-9-17-16(21)19(13(2)3)12-14(4)20/h13-15,20H,5-12H2,1-4H3,(H,17,21). The van der Waals surface area contributed by atoms with E-state index in [-0.39, 0.29) is 12.1 Å². The van der Waals surface area contributed by atoms with E-state index in [0.29, 0.717) is 19.1 Å². The second-order valence-corrected chi connectivity index (χ2v) is 6.42. The zero-order valence-corrected chi connectivity index (χ0v) is 14.1. The molecule has 0 aromatic heterocycles. The number of aliphatic hydroxyl groups excluding tert-OH is 1. The number of urea groups is 1. The van der Waals surface area contributed by atoms with Crippen LogP contribution in [-0.2, 0) is 0 Å². The monoisotopic (exact) mass is 299 g/mol. The van der Waals surface area contributed by atoms with Crippen LogP contribution in [0, 0.1) is 0 Å². The Bertz CT molecular complexity index is 308. The molecule has 0 radical (unpaired) electrons. The molecule has 1 fully saturated rings. The van der Waals surface area contributed by atoms with Gasteiger partial charge in [-0.15, -0.1) is 0 Å². The minimum Gasteiger partial charge on any atom is -0.392 e. The van der Waals surface area contributed by atoms with Gasteiger partial charge in [0.1, 0.15) is 0 Å². The topological polar surface area (TPSA) is 55.8 Å². The van der Waals surface area contributed by atoms with Gasteiger partial charge in [0, 0.05) is 31.7 Å². The molecule has 0 bridgehead atoms. The minimum atomic E-state index is -0.496. The molecule has 2 unspecified atom stereocenters. The summed E-state index contributed by atoms with van der Waals surface area (Å²) >= 11 is 0. The summed E-state index contributed by atoms with van der Waals surface area (Å²) in [5, 5.41) is 12.5. The van der Waals surface area contributed by atoms with Crippen LogP contribution in [0.3, 0.4) is 0 Å². The van der Waals surface area contributed by atoms with Crippen molar-refractivity contribution in [2.24, 2.45) is 0 Å². The number of hydrogen-bond donors (Lipinski definition) is 2. The average molecular weight is 299 g/mol. The Hall–Kier alpha value is -0.810. The summed E-state index contributed by atoms with van der Waals surface area (Å²) in [4.78, 5) is 16.4. The van der Waals surface area contributed by atoms with Crippen LogP contribution in [-0.4, -0.2) is 65.3 Å². The molecule has 1 aliphatic rings. The largest absolute Gasteiger partial charge is 0.392 e. The fourth-order valence-electron chi connectivity index (χ4n) is 3.04. The Labute approximate surface area is 129 Å². The first kappa shape index (κ1) is 18.2. The Kier molecular flexibility index (Phi) is 8.04. The van der Waals surface area contributed by atoms with Crippen molar-refractivity contribution in [3.8, 4) is 0 Å². The molecule has 5 nitrogen and oxygen atoms in total. The third kappa shape index (κ3) is 6.22. The highest BCUT2D eigenvalue weighted by atomic mass is 16.3. The highest BCUT2D eigenvalue weighted by molar-refractivity contribution is 5.74. The lowest BCUT2D eigenvalue weighted by Gasteiger charge is -2.35.